The van der Waals surface area contributed by atoms with Gasteiger partial charge in [-0.1, -0.05) is 6.08 Å². The molecule has 5 nitrogen and oxygen atoms in total. The van der Waals surface area contributed by atoms with Gasteiger partial charge in [-0.3, -0.25) is 9.80 Å². The Morgan fingerprint density at radius 3 is 2.93 bits per heavy atom. The van der Waals surface area contributed by atoms with Crippen molar-refractivity contribution in [3.8, 4) is 0 Å². The number of ketones is 1. The SMILES string of the molecule is O=C1C=CC=C(N2CCC(C(=O)O)=N2)C1. The van der Waals surface area contributed by atoms with Crippen LogP contribution >= 0.6 is 0 Å². The first-order valence-electron chi connectivity index (χ1n) is 4.65. The standard InChI is InChI=1S/C10H10N2O3/c13-8-3-1-2-7(6-8)12-5-4-9(11-12)10(14)15/h1-3H,4-6H2,(H,14,15). The van der Waals surface area contributed by atoms with E-state index in [9.17, 15) is 9.59 Å². The first-order valence-corrected chi connectivity index (χ1v) is 4.65. The van der Waals surface area contributed by atoms with Crippen molar-refractivity contribution in [1.29, 1.82) is 0 Å². The minimum absolute atomic E-state index is 0.0199. The molecule has 1 N–H and O–H groups in total. The quantitative estimate of drug-likeness (QED) is 0.716. The van der Waals surface area contributed by atoms with Gasteiger partial charge in [0.25, 0.3) is 0 Å². The molecule has 1 heterocycles. The van der Waals surface area contributed by atoms with E-state index in [1.807, 2.05) is 0 Å². The number of rotatable bonds is 2. The maximum Gasteiger partial charge on any atom is 0.352 e. The highest BCUT2D eigenvalue weighted by Crippen LogP contribution is 2.19. The van der Waals surface area contributed by atoms with Gasteiger partial charge in [-0.05, 0) is 12.2 Å². The molecule has 0 spiro atoms. The summed E-state index contributed by atoms with van der Waals surface area (Å²) >= 11 is 0. The molecule has 0 saturated carbocycles. The number of allylic oxidation sites excluding steroid dienone is 4. The minimum Gasteiger partial charge on any atom is -0.477 e. The molecule has 0 aromatic rings. The number of hydrogen-bond donors (Lipinski definition) is 1. The lowest BCUT2D eigenvalue weighted by Gasteiger charge is -2.17. The lowest BCUT2D eigenvalue weighted by molar-refractivity contribution is -0.129. The molecule has 15 heavy (non-hydrogen) atoms. The van der Waals surface area contributed by atoms with Crippen LogP contribution < -0.4 is 0 Å². The fourth-order valence-corrected chi connectivity index (χ4v) is 1.56. The smallest absolute Gasteiger partial charge is 0.352 e. The van der Waals surface area contributed by atoms with Gasteiger partial charge in [0.05, 0.1) is 6.42 Å². The van der Waals surface area contributed by atoms with Crippen LogP contribution in [-0.2, 0) is 9.59 Å². The molecule has 0 aromatic heterocycles. The second-order valence-electron chi connectivity index (χ2n) is 3.39. The Balaban J connectivity index is 2.14. The van der Waals surface area contributed by atoms with Crippen molar-refractivity contribution in [3.63, 3.8) is 0 Å². The normalized spacial score (nSPS) is 20.3. The van der Waals surface area contributed by atoms with Gasteiger partial charge in [0.15, 0.2) is 5.78 Å². The molecule has 2 aliphatic rings. The molecular weight excluding hydrogens is 196 g/mol. The first kappa shape index (κ1) is 9.64. The van der Waals surface area contributed by atoms with Crippen molar-refractivity contribution in [2.24, 2.45) is 5.10 Å². The maximum absolute atomic E-state index is 11.1. The number of aliphatic carboxylic acids is 1. The number of carboxylic acids is 1. The van der Waals surface area contributed by atoms with Crippen LogP contribution in [0.15, 0.2) is 29.0 Å². The van der Waals surface area contributed by atoms with Gasteiger partial charge >= 0.3 is 5.97 Å². The van der Waals surface area contributed by atoms with Crippen molar-refractivity contribution in [2.75, 3.05) is 6.54 Å². The first-order chi connectivity index (χ1) is 7.16. The molecule has 0 saturated heterocycles. The number of hydrazone groups is 1. The van der Waals surface area contributed by atoms with E-state index < -0.39 is 5.97 Å². The van der Waals surface area contributed by atoms with E-state index in [0.717, 1.165) is 5.70 Å². The lowest BCUT2D eigenvalue weighted by atomic mass is 10.1. The molecule has 0 aromatic carbocycles. The van der Waals surface area contributed by atoms with E-state index in [0.29, 0.717) is 19.4 Å². The molecule has 1 aliphatic heterocycles. The van der Waals surface area contributed by atoms with Gasteiger partial charge in [-0.2, -0.15) is 5.10 Å². The topological polar surface area (TPSA) is 70.0 Å². The average molecular weight is 206 g/mol. The number of carbonyl (C=O) groups is 2. The summed E-state index contributed by atoms with van der Waals surface area (Å²) in [5, 5.41) is 14.3. The summed E-state index contributed by atoms with van der Waals surface area (Å²) in [5.74, 6) is -0.970. The van der Waals surface area contributed by atoms with E-state index in [-0.39, 0.29) is 11.5 Å². The number of hydrogen-bond acceptors (Lipinski definition) is 4. The molecule has 0 fully saturated rings. The van der Waals surface area contributed by atoms with Crippen LogP contribution in [0.25, 0.3) is 0 Å². The summed E-state index contributed by atoms with van der Waals surface area (Å²) in [6, 6.07) is 0. The third-order valence-corrected chi connectivity index (χ3v) is 2.31. The summed E-state index contributed by atoms with van der Waals surface area (Å²) < 4.78 is 0. The molecule has 2 rings (SSSR count). The summed E-state index contributed by atoms with van der Waals surface area (Å²) in [4.78, 5) is 21.8. The fraction of sp³-hybridized carbons (Fsp3) is 0.300. The van der Waals surface area contributed by atoms with Crippen molar-refractivity contribution < 1.29 is 14.7 Å². The van der Waals surface area contributed by atoms with E-state index in [1.165, 1.54) is 6.08 Å². The second-order valence-corrected chi connectivity index (χ2v) is 3.39. The average Bonchev–Trinajstić information content (AvgIpc) is 2.66. The van der Waals surface area contributed by atoms with Crippen molar-refractivity contribution in [2.45, 2.75) is 12.8 Å². The third kappa shape index (κ3) is 1.96. The van der Waals surface area contributed by atoms with Gasteiger partial charge in [0, 0.05) is 18.7 Å². The lowest BCUT2D eigenvalue weighted by Crippen LogP contribution is -2.17. The fourth-order valence-electron chi connectivity index (χ4n) is 1.56. The Morgan fingerprint density at radius 2 is 2.33 bits per heavy atom. The third-order valence-electron chi connectivity index (χ3n) is 2.31. The van der Waals surface area contributed by atoms with Gasteiger partial charge in [0.1, 0.15) is 5.71 Å². The van der Waals surface area contributed by atoms with E-state index in [2.05, 4.69) is 5.10 Å². The molecule has 0 atom stereocenters. The Morgan fingerprint density at radius 1 is 1.53 bits per heavy atom. The van der Waals surface area contributed by atoms with Gasteiger partial charge in [-0.15, -0.1) is 0 Å². The van der Waals surface area contributed by atoms with Gasteiger partial charge in [0.2, 0.25) is 0 Å². The van der Waals surface area contributed by atoms with Crippen LogP contribution in [0.2, 0.25) is 0 Å². The number of carbonyl (C=O) groups excluding carboxylic acids is 1. The van der Waals surface area contributed by atoms with Crippen molar-refractivity contribution >= 4 is 17.5 Å². The number of carboxylic acid groups (broad SMARTS) is 1. The predicted molar refractivity (Wildman–Crippen MR) is 53.2 cm³/mol. The zero-order valence-electron chi connectivity index (χ0n) is 8.01. The Labute approximate surface area is 86.4 Å². The zero-order valence-corrected chi connectivity index (χ0v) is 8.01. The minimum atomic E-state index is -0.990. The molecule has 0 radical (unpaired) electrons. The molecule has 1 aliphatic carbocycles. The second kappa shape index (κ2) is 3.68. The van der Waals surface area contributed by atoms with Crippen LogP contribution in [0, 0.1) is 0 Å². The highest BCUT2D eigenvalue weighted by molar-refractivity contribution is 6.35. The Bertz CT molecular complexity index is 407. The Hall–Kier alpha value is -1.91. The Kier molecular flexibility index (Phi) is 2.37. The number of nitrogens with zero attached hydrogens (tertiary/aromatic N) is 2. The zero-order chi connectivity index (χ0) is 10.8. The predicted octanol–water partition coefficient (Wildman–Crippen LogP) is 0.546. The van der Waals surface area contributed by atoms with Crippen molar-refractivity contribution in [1.82, 2.24) is 5.01 Å². The summed E-state index contributed by atoms with van der Waals surface area (Å²) in [6.07, 6.45) is 5.67. The largest absolute Gasteiger partial charge is 0.477 e. The summed E-state index contributed by atoms with van der Waals surface area (Å²) in [6.45, 7) is 0.536. The van der Waals surface area contributed by atoms with Gasteiger partial charge in [-0.25, -0.2) is 4.79 Å². The van der Waals surface area contributed by atoms with Crippen molar-refractivity contribution in [3.05, 3.63) is 23.9 Å². The van der Waals surface area contributed by atoms with E-state index >= 15 is 0 Å². The summed E-state index contributed by atoms with van der Waals surface area (Å²) in [7, 11) is 0. The van der Waals surface area contributed by atoms with E-state index in [1.54, 1.807) is 17.2 Å². The van der Waals surface area contributed by atoms with E-state index in [4.69, 9.17) is 5.11 Å². The molecule has 0 amide bonds. The highest BCUT2D eigenvalue weighted by atomic mass is 16.4. The van der Waals surface area contributed by atoms with Crippen LogP contribution in [0.5, 0.6) is 0 Å². The van der Waals surface area contributed by atoms with Crippen LogP contribution in [-0.4, -0.2) is 34.1 Å². The molecule has 0 bridgehead atoms. The van der Waals surface area contributed by atoms with Crippen LogP contribution in [0.1, 0.15) is 12.8 Å². The maximum atomic E-state index is 11.1. The monoisotopic (exact) mass is 206 g/mol. The molecule has 0 unspecified atom stereocenters. The molecular formula is C10H10N2O3. The molecule has 78 valence electrons. The summed E-state index contributed by atoms with van der Waals surface area (Å²) in [5.41, 5.74) is 0.914. The highest BCUT2D eigenvalue weighted by Gasteiger charge is 2.23. The molecule has 5 heteroatoms. The van der Waals surface area contributed by atoms with Crippen LogP contribution in [0.4, 0.5) is 0 Å². The van der Waals surface area contributed by atoms with Gasteiger partial charge < -0.3 is 5.11 Å². The van der Waals surface area contributed by atoms with Crippen LogP contribution in [0.3, 0.4) is 0 Å².